The SMILES string of the molecule is C[C@H](OC(=O)c1cc[n+]([O-])cc1)C(=O)NCCc1ccc(F)cc1. The van der Waals surface area contributed by atoms with E-state index in [1.54, 1.807) is 12.1 Å². The normalized spacial score (nSPS) is 11.6. The predicted molar refractivity (Wildman–Crippen MR) is 83.4 cm³/mol. The molecular formula is C17H17FN2O4. The standard InChI is InChI=1S/C17H17FN2O4/c1-12(24-17(22)14-7-10-20(23)11-8-14)16(21)19-9-6-13-2-4-15(18)5-3-13/h2-5,7-8,10-12H,6,9H2,1H3,(H,19,21)/t12-/m0/s1. The third-order valence-electron chi connectivity index (χ3n) is 3.32. The minimum absolute atomic E-state index is 0.188. The zero-order chi connectivity index (χ0) is 17.5. The highest BCUT2D eigenvalue weighted by atomic mass is 19.1. The van der Waals surface area contributed by atoms with E-state index in [4.69, 9.17) is 4.74 Å². The van der Waals surface area contributed by atoms with E-state index in [1.165, 1.54) is 43.6 Å². The maximum Gasteiger partial charge on any atom is 0.339 e. The van der Waals surface area contributed by atoms with E-state index in [2.05, 4.69) is 5.32 Å². The molecule has 6 nitrogen and oxygen atoms in total. The first-order chi connectivity index (χ1) is 11.5. The summed E-state index contributed by atoms with van der Waals surface area (Å²) in [7, 11) is 0. The van der Waals surface area contributed by atoms with Crippen molar-refractivity contribution in [3.8, 4) is 0 Å². The van der Waals surface area contributed by atoms with Gasteiger partial charge in [0, 0.05) is 18.7 Å². The number of amides is 1. The first-order valence-electron chi connectivity index (χ1n) is 7.37. The number of rotatable bonds is 6. The van der Waals surface area contributed by atoms with Gasteiger partial charge in [0.25, 0.3) is 5.91 Å². The van der Waals surface area contributed by atoms with Crippen LogP contribution in [0.15, 0.2) is 48.8 Å². The second-order valence-electron chi connectivity index (χ2n) is 5.16. The molecule has 0 bridgehead atoms. The minimum atomic E-state index is -0.967. The van der Waals surface area contributed by atoms with Crippen LogP contribution in [0.4, 0.5) is 4.39 Å². The Morgan fingerprint density at radius 3 is 2.46 bits per heavy atom. The Morgan fingerprint density at radius 2 is 1.83 bits per heavy atom. The number of pyridine rings is 1. The quantitative estimate of drug-likeness (QED) is 0.492. The molecule has 0 unspecified atom stereocenters. The number of hydrogen-bond acceptors (Lipinski definition) is 4. The zero-order valence-corrected chi connectivity index (χ0v) is 13.1. The molecule has 24 heavy (non-hydrogen) atoms. The van der Waals surface area contributed by atoms with Crippen LogP contribution in [-0.4, -0.2) is 24.5 Å². The molecule has 2 rings (SSSR count). The molecule has 7 heteroatoms. The van der Waals surface area contributed by atoms with Gasteiger partial charge in [0.15, 0.2) is 18.5 Å². The summed E-state index contributed by atoms with van der Waals surface area (Å²) < 4.78 is 18.4. The summed E-state index contributed by atoms with van der Waals surface area (Å²) in [5.41, 5.74) is 1.07. The van der Waals surface area contributed by atoms with Crippen molar-refractivity contribution in [2.75, 3.05) is 6.54 Å². The Balaban J connectivity index is 1.78. The Kier molecular flexibility index (Phi) is 5.83. The molecule has 0 saturated carbocycles. The largest absolute Gasteiger partial charge is 0.619 e. The summed E-state index contributed by atoms with van der Waals surface area (Å²) in [6.45, 7) is 1.80. The molecule has 1 heterocycles. The van der Waals surface area contributed by atoms with E-state index in [9.17, 15) is 19.2 Å². The molecule has 0 saturated heterocycles. The van der Waals surface area contributed by atoms with Gasteiger partial charge in [0.1, 0.15) is 5.82 Å². The summed E-state index contributed by atoms with van der Waals surface area (Å²) in [6, 6.07) is 8.62. The summed E-state index contributed by atoms with van der Waals surface area (Å²) in [6.07, 6.45) is 1.91. The first kappa shape index (κ1) is 17.4. The number of benzene rings is 1. The van der Waals surface area contributed by atoms with Crippen molar-refractivity contribution in [3.63, 3.8) is 0 Å². The fraction of sp³-hybridized carbons (Fsp3) is 0.235. The van der Waals surface area contributed by atoms with Crippen LogP contribution in [-0.2, 0) is 16.0 Å². The molecule has 1 aromatic carbocycles. The van der Waals surface area contributed by atoms with Crippen LogP contribution in [0.2, 0.25) is 0 Å². The van der Waals surface area contributed by atoms with Gasteiger partial charge in [-0.2, -0.15) is 4.73 Å². The fourth-order valence-corrected chi connectivity index (χ4v) is 1.96. The molecule has 1 atom stereocenters. The number of halogens is 1. The zero-order valence-electron chi connectivity index (χ0n) is 13.1. The summed E-state index contributed by atoms with van der Waals surface area (Å²) in [4.78, 5) is 23.8. The molecule has 0 aliphatic heterocycles. The van der Waals surface area contributed by atoms with Gasteiger partial charge < -0.3 is 15.3 Å². The minimum Gasteiger partial charge on any atom is -0.619 e. The molecule has 0 fully saturated rings. The van der Waals surface area contributed by atoms with Crippen LogP contribution in [0.25, 0.3) is 0 Å². The maximum atomic E-state index is 12.8. The molecular weight excluding hydrogens is 315 g/mol. The predicted octanol–water partition coefficient (Wildman–Crippen LogP) is 1.36. The number of nitrogens with zero attached hydrogens (tertiary/aromatic N) is 1. The molecule has 2 aromatic rings. The van der Waals surface area contributed by atoms with E-state index in [0.29, 0.717) is 17.7 Å². The van der Waals surface area contributed by atoms with E-state index >= 15 is 0 Å². The number of ether oxygens (including phenoxy) is 1. The van der Waals surface area contributed by atoms with Gasteiger partial charge >= 0.3 is 5.97 Å². The van der Waals surface area contributed by atoms with E-state index in [-0.39, 0.29) is 11.4 Å². The van der Waals surface area contributed by atoms with Gasteiger partial charge in [-0.15, -0.1) is 0 Å². The second kappa shape index (κ2) is 8.05. The topological polar surface area (TPSA) is 82.3 Å². The maximum absolute atomic E-state index is 12.8. The first-order valence-corrected chi connectivity index (χ1v) is 7.37. The highest BCUT2D eigenvalue weighted by Gasteiger charge is 2.18. The van der Waals surface area contributed by atoms with Crippen LogP contribution in [0.5, 0.6) is 0 Å². The molecule has 1 amide bonds. The molecule has 0 aliphatic carbocycles. The third kappa shape index (κ3) is 5.05. The molecule has 0 radical (unpaired) electrons. The van der Waals surface area contributed by atoms with E-state index < -0.39 is 18.0 Å². The Morgan fingerprint density at radius 1 is 1.21 bits per heavy atom. The second-order valence-corrected chi connectivity index (χ2v) is 5.16. The fourth-order valence-electron chi connectivity index (χ4n) is 1.96. The van der Waals surface area contributed by atoms with E-state index in [1.807, 2.05) is 0 Å². The van der Waals surface area contributed by atoms with Crippen molar-refractivity contribution in [3.05, 3.63) is 70.9 Å². The van der Waals surface area contributed by atoms with Crippen LogP contribution >= 0.6 is 0 Å². The van der Waals surface area contributed by atoms with Crippen molar-refractivity contribution in [1.29, 1.82) is 0 Å². The van der Waals surface area contributed by atoms with Crippen LogP contribution < -0.4 is 10.0 Å². The lowest BCUT2D eigenvalue weighted by molar-refractivity contribution is -0.605. The smallest absolute Gasteiger partial charge is 0.339 e. The summed E-state index contributed by atoms with van der Waals surface area (Å²) >= 11 is 0. The van der Waals surface area contributed by atoms with E-state index in [0.717, 1.165) is 5.56 Å². The highest BCUT2D eigenvalue weighted by molar-refractivity contribution is 5.91. The van der Waals surface area contributed by atoms with Crippen molar-refractivity contribution in [2.45, 2.75) is 19.4 Å². The number of carbonyl (C=O) groups excluding carboxylic acids is 2. The van der Waals surface area contributed by atoms with Gasteiger partial charge in [-0.1, -0.05) is 12.1 Å². The highest BCUT2D eigenvalue weighted by Crippen LogP contribution is 2.04. The van der Waals surface area contributed by atoms with Gasteiger partial charge in [0.2, 0.25) is 0 Å². The number of hydrogen-bond donors (Lipinski definition) is 1. The van der Waals surface area contributed by atoms with Gasteiger partial charge in [-0.3, -0.25) is 4.79 Å². The number of nitrogens with one attached hydrogen (secondary N) is 1. The average Bonchev–Trinajstić information content (AvgIpc) is 2.57. The van der Waals surface area contributed by atoms with Gasteiger partial charge in [-0.25, -0.2) is 9.18 Å². The lowest BCUT2D eigenvalue weighted by Gasteiger charge is -2.13. The lowest BCUT2D eigenvalue weighted by atomic mass is 10.1. The van der Waals surface area contributed by atoms with Crippen LogP contribution in [0, 0.1) is 11.0 Å². The van der Waals surface area contributed by atoms with Gasteiger partial charge in [-0.05, 0) is 31.0 Å². The van der Waals surface area contributed by atoms with Crippen molar-refractivity contribution < 1.29 is 23.4 Å². The van der Waals surface area contributed by atoms with Crippen molar-refractivity contribution >= 4 is 11.9 Å². The van der Waals surface area contributed by atoms with Crippen molar-refractivity contribution in [1.82, 2.24) is 5.32 Å². The Hall–Kier alpha value is -2.96. The van der Waals surface area contributed by atoms with Crippen LogP contribution in [0.3, 0.4) is 0 Å². The Labute approximate surface area is 138 Å². The lowest BCUT2D eigenvalue weighted by Crippen LogP contribution is -2.37. The monoisotopic (exact) mass is 332 g/mol. The third-order valence-corrected chi connectivity index (χ3v) is 3.32. The molecule has 0 aliphatic rings. The number of esters is 1. The Bertz CT molecular complexity index is 702. The molecule has 126 valence electrons. The number of carbonyl (C=O) groups is 2. The van der Waals surface area contributed by atoms with Crippen molar-refractivity contribution in [2.24, 2.45) is 0 Å². The summed E-state index contributed by atoms with van der Waals surface area (Å²) in [5, 5.41) is 13.6. The molecule has 1 aromatic heterocycles. The summed E-state index contributed by atoms with van der Waals surface area (Å²) in [5.74, 6) is -1.43. The molecule has 1 N–H and O–H groups in total. The van der Waals surface area contributed by atoms with Gasteiger partial charge in [0.05, 0.1) is 5.56 Å². The van der Waals surface area contributed by atoms with Crippen LogP contribution in [0.1, 0.15) is 22.8 Å². The number of aromatic nitrogens is 1. The average molecular weight is 332 g/mol. The molecule has 0 spiro atoms.